The number of hydrogen-bond acceptors (Lipinski definition) is 2. The van der Waals surface area contributed by atoms with Crippen molar-refractivity contribution in [2.24, 2.45) is 5.41 Å². The van der Waals surface area contributed by atoms with Crippen LogP contribution in [0.15, 0.2) is 0 Å². The molecule has 0 aromatic heterocycles. The molecule has 76 valence electrons. The van der Waals surface area contributed by atoms with Gasteiger partial charge in [0, 0.05) is 19.0 Å². The van der Waals surface area contributed by atoms with Gasteiger partial charge in [-0.05, 0) is 25.2 Å². The minimum absolute atomic E-state index is 0.281. The largest absolute Gasteiger partial charge is 0.313 e. The molecule has 0 radical (unpaired) electrons. The van der Waals surface area contributed by atoms with Crippen LogP contribution >= 0.6 is 0 Å². The smallest absolute Gasteiger partial charge is 0.131 e. The summed E-state index contributed by atoms with van der Waals surface area (Å²) in [5, 5.41) is 3.48. The Morgan fingerprint density at radius 3 is 2.69 bits per heavy atom. The van der Waals surface area contributed by atoms with E-state index >= 15 is 0 Å². The van der Waals surface area contributed by atoms with E-state index in [4.69, 9.17) is 0 Å². The zero-order chi connectivity index (χ0) is 9.90. The van der Waals surface area contributed by atoms with Crippen molar-refractivity contribution in [1.82, 2.24) is 5.32 Å². The topological polar surface area (TPSA) is 29.1 Å². The van der Waals surface area contributed by atoms with Gasteiger partial charge in [0.05, 0.1) is 0 Å². The second kappa shape index (κ2) is 4.23. The number of nitrogens with one attached hydrogen (secondary N) is 1. The highest BCUT2D eigenvalue weighted by molar-refractivity contribution is 5.75. The highest BCUT2D eigenvalue weighted by Crippen LogP contribution is 2.36. The third kappa shape index (κ3) is 3.11. The average Bonchev–Trinajstić information content (AvgIpc) is 2.30. The van der Waals surface area contributed by atoms with E-state index < -0.39 is 0 Å². The molecular formula is C11H21NO. The lowest BCUT2D eigenvalue weighted by atomic mass is 9.87. The molecule has 1 aliphatic carbocycles. The maximum atomic E-state index is 10.7. The normalized spacial score (nSPS) is 26.2. The molecule has 1 N–H and O–H groups in total. The summed E-state index contributed by atoms with van der Waals surface area (Å²) < 4.78 is 0. The lowest BCUT2D eigenvalue weighted by Crippen LogP contribution is -2.38. The molecule has 0 aromatic rings. The van der Waals surface area contributed by atoms with Gasteiger partial charge in [-0.3, -0.25) is 4.79 Å². The molecule has 1 atom stereocenters. The molecule has 2 nitrogen and oxygen atoms in total. The molecule has 1 rings (SSSR count). The highest BCUT2D eigenvalue weighted by Gasteiger charge is 2.33. The van der Waals surface area contributed by atoms with Gasteiger partial charge in [-0.2, -0.15) is 0 Å². The first kappa shape index (κ1) is 10.7. The van der Waals surface area contributed by atoms with Crippen LogP contribution in [-0.4, -0.2) is 18.4 Å². The van der Waals surface area contributed by atoms with Gasteiger partial charge in [-0.1, -0.05) is 20.3 Å². The summed E-state index contributed by atoms with van der Waals surface area (Å²) in [7, 11) is 0. The highest BCUT2D eigenvalue weighted by atomic mass is 16.1. The predicted octanol–water partition coefficient (Wildman–Crippen LogP) is 2.13. The Balaban J connectivity index is 2.25. The second-order valence-electron chi connectivity index (χ2n) is 4.84. The van der Waals surface area contributed by atoms with Gasteiger partial charge in [-0.25, -0.2) is 0 Å². The summed E-state index contributed by atoms with van der Waals surface area (Å²) in [5.41, 5.74) is 0.427. The Morgan fingerprint density at radius 2 is 2.23 bits per heavy atom. The maximum absolute atomic E-state index is 10.7. The molecule has 1 saturated carbocycles. The van der Waals surface area contributed by atoms with E-state index in [9.17, 15) is 4.79 Å². The predicted molar refractivity (Wildman–Crippen MR) is 54.7 cm³/mol. The van der Waals surface area contributed by atoms with Crippen LogP contribution in [-0.2, 0) is 4.79 Å². The van der Waals surface area contributed by atoms with Crippen LogP contribution < -0.4 is 5.32 Å². The molecule has 0 bridgehead atoms. The molecule has 1 fully saturated rings. The number of carbonyl (C=O) groups excluding carboxylic acids is 1. The SMILES string of the molecule is CC(=O)CCNC1CCCC1(C)C. The van der Waals surface area contributed by atoms with Crippen LogP contribution in [0, 0.1) is 5.41 Å². The summed E-state index contributed by atoms with van der Waals surface area (Å²) >= 11 is 0. The van der Waals surface area contributed by atoms with Crippen molar-refractivity contribution >= 4 is 5.78 Å². The number of hydrogen-bond donors (Lipinski definition) is 1. The van der Waals surface area contributed by atoms with Gasteiger partial charge in [-0.15, -0.1) is 0 Å². The fourth-order valence-corrected chi connectivity index (χ4v) is 2.13. The van der Waals surface area contributed by atoms with Crippen LogP contribution in [0.25, 0.3) is 0 Å². The van der Waals surface area contributed by atoms with Gasteiger partial charge >= 0.3 is 0 Å². The van der Waals surface area contributed by atoms with E-state index in [2.05, 4.69) is 19.2 Å². The van der Waals surface area contributed by atoms with Gasteiger partial charge in [0.1, 0.15) is 5.78 Å². The first-order valence-electron chi connectivity index (χ1n) is 5.25. The van der Waals surface area contributed by atoms with Gasteiger partial charge in [0.25, 0.3) is 0 Å². The van der Waals surface area contributed by atoms with Gasteiger partial charge < -0.3 is 5.32 Å². The van der Waals surface area contributed by atoms with Crippen LogP contribution in [0.4, 0.5) is 0 Å². The average molecular weight is 183 g/mol. The van der Waals surface area contributed by atoms with Crippen molar-refractivity contribution in [3.05, 3.63) is 0 Å². The zero-order valence-electron chi connectivity index (χ0n) is 9.02. The lowest BCUT2D eigenvalue weighted by Gasteiger charge is -2.27. The quantitative estimate of drug-likeness (QED) is 0.723. The first-order valence-corrected chi connectivity index (χ1v) is 5.25. The molecule has 0 heterocycles. The Labute approximate surface area is 81.1 Å². The fourth-order valence-electron chi connectivity index (χ4n) is 2.13. The molecule has 1 aliphatic rings. The van der Waals surface area contributed by atoms with Crippen molar-refractivity contribution in [2.75, 3.05) is 6.54 Å². The van der Waals surface area contributed by atoms with Gasteiger partial charge in [0.15, 0.2) is 0 Å². The lowest BCUT2D eigenvalue weighted by molar-refractivity contribution is -0.116. The van der Waals surface area contributed by atoms with Crippen LogP contribution in [0.3, 0.4) is 0 Å². The van der Waals surface area contributed by atoms with E-state index in [1.165, 1.54) is 19.3 Å². The Hall–Kier alpha value is -0.370. The van der Waals surface area contributed by atoms with E-state index in [-0.39, 0.29) is 5.78 Å². The summed E-state index contributed by atoms with van der Waals surface area (Å²) in [6.07, 6.45) is 4.58. The molecule has 0 aliphatic heterocycles. The van der Waals surface area contributed by atoms with E-state index in [1.54, 1.807) is 6.92 Å². The fraction of sp³-hybridized carbons (Fsp3) is 0.909. The monoisotopic (exact) mass is 183 g/mol. The molecule has 2 heteroatoms. The van der Waals surface area contributed by atoms with Gasteiger partial charge in [0.2, 0.25) is 0 Å². The van der Waals surface area contributed by atoms with Crippen molar-refractivity contribution in [1.29, 1.82) is 0 Å². The molecule has 0 spiro atoms. The third-order valence-corrected chi connectivity index (χ3v) is 3.13. The van der Waals surface area contributed by atoms with Crippen LogP contribution in [0.1, 0.15) is 46.5 Å². The van der Waals surface area contributed by atoms with E-state index in [0.717, 1.165) is 6.54 Å². The number of ketones is 1. The number of carbonyl (C=O) groups is 1. The first-order chi connectivity index (χ1) is 6.02. The van der Waals surface area contributed by atoms with Crippen molar-refractivity contribution < 1.29 is 4.79 Å². The Bertz CT molecular complexity index is 187. The third-order valence-electron chi connectivity index (χ3n) is 3.13. The molecule has 13 heavy (non-hydrogen) atoms. The number of rotatable bonds is 4. The minimum Gasteiger partial charge on any atom is -0.313 e. The zero-order valence-corrected chi connectivity index (χ0v) is 9.02. The molecule has 0 aromatic carbocycles. The van der Waals surface area contributed by atoms with E-state index in [0.29, 0.717) is 17.9 Å². The Morgan fingerprint density at radius 1 is 1.54 bits per heavy atom. The summed E-state index contributed by atoms with van der Waals surface area (Å²) in [5.74, 6) is 0.281. The molecule has 0 amide bonds. The summed E-state index contributed by atoms with van der Waals surface area (Å²) in [4.78, 5) is 10.7. The maximum Gasteiger partial charge on any atom is 0.131 e. The molecule has 0 saturated heterocycles. The minimum atomic E-state index is 0.281. The molecular weight excluding hydrogens is 162 g/mol. The second-order valence-corrected chi connectivity index (χ2v) is 4.84. The van der Waals surface area contributed by atoms with Crippen LogP contribution in [0.5, 0.6) is 0 Å². The van der Waals surface area contributed by atoms with E-state index in [1.807, 2.05) is 0 Å². The van der Waals surface area contributed by atoms with Crippen molar-refractivity contribution in [3.8, 4) is 0 Å². The standard InChI is InChI=1S/C11H21NO/c1-9(13)6-8-12-10-5-4-7-11(10,2)3/h10,12H,4-8H2,1-3H3. The summed E-state index contributed by atoms with van der Waals surface area (Å²) in [6, 6.07) is 0.617. The van der Waals surface area contributed by atoms with Crippen molar-refractivity contribution in [3.63, 3.8) is 0 Å². The number of Topliss-reactive ketones (excluding diaryl/α,β-unsaturated/α-hetero) is 1. The Kier molecular flexibility index (Phi) is 3.48. The van der Waals surface area contributed by atoms with Crippen LogP contribution in [0.2, 0.25) is 0 Å². The van der Waals surface area contributed by atoms with Crippen molar-refractivity contribution in [2.45, 2.75) is 52.5 Å². The summed E-state index contributed by atoms with van der Waals surface area (Å²) in [6.45, 7) is 7.13. The molecule has 1 unspecified atom stereocenters.